The minimum Gasteiger partial charge on any atom is -0.358 e. The van der Waals surface area contributed by atoms with Crippen LogP contribution in [0.3, 0.4) is 0 Å². The summed E-state index contributed by atoms with van der Waals surface area (Å²) in [5.74, 6) is -6.15. The molecule has 3 amide bonds. The Balaban J connectivity index is 2.49. The predicted octanol–water partition coefficient (Wildman–Crippen LogP) is -0.164. The molecule has 0 aromatic heterocycles. The summed E-state index contributed by atoms with van der Waals surface area (Å²) in [6.45, 7) is -0.689. The molecule has 0 aliphatic heterocycles. The van der Waals surface area contributed by atoms with Crippen LogP contribution in [0.25, 0.3) is 0 Å². The van der Waals surface area contributed by atoms with E-state index < -0.39 is 35.0 Å². The summed E-state index contributed by atoms with van der Waals surface area (Å²) in [7, 11) is 2.86. The standard InChI is InChI=1S/C14H17F3N4O3/c1-18-10(22)5-19-11(23)6-21(2)7-12(24)20-9-4-3-8(15)13(16)14(9)17/h3-4H,5-7H2,1-2H3,(H,18,22)(H,19,23)(H,20,24). The van der Waals surface area contributed by atoms with Crippen molar-refractivity contribution in [2.75, 3.05) is 39.0 Å². The number of nitrogens with zero attached hydrogens (tertiary/aromatic N) is 1. The molecule has 0 aliphatic rings. The Hall–Kier alpha value is -2.62. The molecule has 3 N–H and O–H groups in total. The fourth-order valence-corrected chi connectivity index (χ4v) is 1.68. The smallest absolute Gasteiger partial charge is 0.239 e. The molecule has 10 heteroatoms. The molecule has 0 unspecified atom stereocenters. The normalized spacial score (nSPS) is 10.4. The van der Waals surface area contributed by atoms with Crippen LogP contribution in [0.5, 0.6) is 0 Å². The van der Waals surface area contributed by atoms with Crippen LogP contribution in [-0.4, -0.2) is 56.4 Å². The van der Waals surface area contributed by atoms with E-state index in [0.29, 0.717) is 6.07 Å². The number of carbonyl (C=O) groups is 3. The summed E-state index contributed by atoms with van der Waals surface area (Å²) in [5, 5.41) is 6.74. The molecule has 1 aromatic rings. The lowest BCUT2D eigenvalue weighted by atomic mass is 10.2. The summed E-state index contributed by atoms with van der Waals surface area (Å²) >= 11 is 0. The van der Waals surface area contributed by atoms with E-state index in [-0.39, 0.29) is 25.5 Å². The van der Waals surface area contributed by atoms with Crippen molar-refractivity contribution in [1.29, 1.82) is 0 Å². The van der Waals surface area contributed by atoms with Gasteiger partial charge in [0.15, 0.2) is 17.5 Å². The Bertz CT molecular complexity index is 640. The van der Waals surface area contributed by atoms with Gasteiger partial charge in [0, 0.05) is 7.05 Å². The molecule has 0 aliphatic carbocycles. The highest BCUT2D eigenvalue weighted by Crippen LogP contribution is 2.19. The van der Waals surface area contributed by atoms with E-state index in [0.717, 1.165) is 6.07 Å². The zero-order valence-corrected chi connectivity index (χ0v) is 13.1. The minimum atomic E-state index is -1.69. The molecule has 0 radical (unpaired) electrons. The molecule has 0 bridgehead atoms. The number of carbonyl (C=O) groups excluding carboxylic acids is 3. The summed E-state index contributed by atoms with van der Waals surface area (Å²) in [6, 6.07) is 1.58. The van der Waals surface area contributed by atoms with Gasteiger partial charge in [-0.15, -0.1) is 0 Å². The lowest BCUT2D eigenvalue weighted by Gasteiger charge is -2.16. The Morgan fingerprint density at radius 3 is 2.25 bits per heavy atom. The maximum Gasteiger partial charge on any atom is 0.239 e. The third-order valence-corrected chi connectivity index (χ3v) is 2.86. The van der Waals surface area contributed by atoms with E-state index in [2.05, 4.69) is 16.0 Å². The first-order chi connectivity index (χ1) is 11.2. The summed E-state index contributed by atoms with van der Waals surface area (Å²) in [5.41, 5.74) is -0.503. The third kappa shape index (κ3) is 5.88. The number of amides is 3. The van der Waals surface area contributed by atoms with Crippen LogP contribution in [-0.2, 0) is 14.4 Å². The van der Waals surface area contributed by atoms with Gasteiger partial charge in [-0.3, -0.25) is 19.3 Å². The van der Waals surface area contributed by atoms with Gasteiger partial charge in [-0.25, -0.2) is 13.2 Å². The predicted molar refractivity (Wildman–Crippen MR) is 79.5 cm³/mol. The van der Waals surface area contributed by atoms with Gasteiger partial charge < -0.3 is 16.0 Å². The topological polar surface area (TPSA) is 90.5 Å². The van der Waals surface area contributed by atoms with Gasteiger partial charge in [0.1, 0.15) is 0 Å². The summed E-state index contributed by atoms with van der Waals surface area (Å²) < 4.78 is 39.3. The van der Waals surface area contributed by atoms with Crippen LogP contribution in [0, 0.1) is 17.5 Å². The number of likely N-dealkylation sites (N-methyl/N-ethyl adjacent to an activating group) is 2. The molecule has 132 valence electrons. The largest absolute Gasteiger partial charge is 0.358 e. The van der Waals surface area contributed by atoms with Gasteiger partial charge in [0.05, 0.1) is 25.3 Å². The van der Waals surface area contributed by atoms with Crippen molar-refractivity contribution in [3.8, 4) is 0 Å². The van der Waals surface area contributed by atoms with E-state index in [1.54, 1.807) is 0 Å². The van der Waals surface area contributed by atoms with Gasteiger partial charge in [-0.2, -0.15) is 0 Å². The first-order valence-electron chi connectivity index (χ1n) is 6.83. The maximum atomic E-state index is 13.4. The lowest BCUT2D eigenvalue weighted by molar-refractivity contribution is -0.127. The Morgan fingerprint density at radius 2 is 1.62 bits per heavy atom. The molecule has 1 aromatic carbocycles. The SMILES string of the molecule is CNC(=O)CNC(=O)CN(C)CC(=O)Nc1ccc(F)c(F)c1F. The van der Waals surface area contributed by atoms with Crippen molar-refractivity contribution >= 4 is 23.4 Å². The second kappa shape index (κ2) is 8.87. The second-order valence-corrected chi connectivity index (χ2v) is 4.89. The van der Waals surface area contributed by atoms with Crippen molar-refractivity contribution in [3.05, 3.63) is 29.6 Å². The van der Waals surface area contributed by atoms with E-state index in [9.17, 15) is 27.6 Å². The quantitative estimate of drug-likeness (QED) is 0.598. The second-order valence-electron chi connectivity index (χ2n) is 4.89. The average molecular weight is 346 g/mol. The first kappa shape index (κ1) is 19.4. The zero-order chi connectivity index (χ0) is 18.3. The molecule has 0 saturated carbocycles. The lowest BCUT2D eigenvalue weighted by Crippen LogP contribution is -2.42. The maximum absolute atomic E-state index is 13.4. The number of nitrogens with one attached hydrogen (secondary N) is 3. The molecular formula is C14H17F3N4O3. The molecule has 0 spiro atoms. The van der Waals surface area contributed by atoms with E-state index in [4.69, 9.17) is 0 Å². The van der Waals surface area contributed by atoms with E-state index in [1.165, 1.54) is 19.0 Å². The van der Waals surface area contributed by atoms with Crippen LogP contribution in [0.2, 0.25) is 0 Å². The Kier molecular flexibility index (Phi) is 7.18. The van der Waals surface area contributed by atoms with Crippen molar-refractivity contribution in [1.82, 2.24) is 15.5 Å². The molecule has 0 atom stereocenters. The molecule has 0 fully saturated rings. The van der Waals surface area contributed by atoms with E-state index in [1.807, 2.05) is 0 Å². The monoisotopic (exact) mass is 346 g/mol. The summed E-state index contributed by atoms with van der Waals surface area (Å²) in [6.07, 6.45) is 0. The van der Waals surface area contributed by atoms with Crippen molar-refractivity contribution in [2.45, 2.75) is 0 Å². The third-order valence-electron chi connectivity index (χ3n) is 2.86. The number of benzene rings is 1. The molecule has 0 heterocycles. The zero-order valence-electron chi connectivity index (χ0n) is 13.1. The molecule has 7 nitrogen and oxygen atoms in total. The van der Waals surface area contributed by atoms with Gasteiger partial charge in [0.25, 0.3) is 0 Å². The number of hydrogen-bond donors (Lipinski definition) is 3. The van der Waals surface area contributed by atoms with Gasteiger partial charge in [-0.05, 0) is 19.2 Å². The number of hydrogen-bond acceptors (Lipinski definition) is 4. The van der Waals surface area contributed by atoms with Gasteiger partial charge >= 0.3 is 0 Å². The fraction of sp³-hybridized carbons (Fsp3) is 0.357. The van der Waals surface area contributed by atoms with Crippen molar-refractivity contribution < 1.29 is 27.6 Å². The number of halogens is 3. The summed E-state index contributed by atoms with van der Waals surface area (Å²) in [4.78, 5) is 35.5. The average Bonchev–Trinajstić information content (AvgIpc) is 2.52. The van der Waals surface area contributed by atoms with Gasteiger partial charge in [0.2, 0.25) is 17.7 Å². The van der Waals surface area contributed by atoms with Crippen LogP contribution >= 0.6 is 0 Å². The van der Waals surface area contributed by atoms with Crippen LogP contribution in [0.1, 0.15) is 0 Å². The molecular weight excluding hydrogens is 329 g/mol. The highest BCUT2D eigenvalue weighted by Gasteiger charge is 2.16. The van der Waals surface area contributed by atoms with Crippen LogP contribution < -0.4 is 16.0 Å². The number of rotatable bonds is 7. The van der Waals surface area contributed by atoms with Crippen molar-refractivity contribution in [3.63, 3.8) is 0 Å². The highest BCUT2D eigenvalue weighted by atomic mass is 19.2. The molecule has 24 heavy (non-hydrogen) atoms. The molecule has 0 saturated heterocycles. The minimum absolute atomic E-state index is 0.190. The fourth-order valence-electron chi connectivity index (χ4n) is 1.68. The van der Waals surface area contributed by atoms with Crippen LogP contribution in [0.15, 0.2) is 12.1 Å². The highest BCUT2D eigenvalue weighted by molar-refractivity contribution is 5.93. The van der Waals surface area contributed by atoms with Crippen LogP contribution in [0.4, 0.5) is 18.9 Å². The van der Waals surface area contributed by atoms with Crippen molar-refractivity contribution in [2.24, 2.45) is 0 Å². The van der Waals surface area contributed by atoms with E-state index >= 15 is 0 Å². The Morgan fingerprint density at radius 1 is 1.00 bits per heavy atom. The molecule has 1 rings (SSSR count). The Labute approximate surface area is 136 Å². The first-order valence-corrected chi connectivity index (χ1v) is 6.83. The number of anilines is 1. The van der Waals surface area contributed by atoms with Gasteiger partial charge in [-0.1, -0.05) is 0 Å².